The van der Waals surface area contributed by atoms with Crippen LogP contribution in [0.25, 0.3) is 0 Å². The van der Waals surface area contributed by atoms with Gasteiger partial charge in [-0.1, -0.05) is 0 Å². The van der Waals surface area contributed by atoms with Gasteiger partial charge in [0.15, 0.2) is 9.89 Å². The largest absolute Gasteiger partial charge is 0.463 e. The van der Waals surface area contributed by atoms with Crippen LogP contribution in [0.5, 0.6) is 0 Å². The van der Waals surface area contributed by atoms with Crippen LogP contribution >= 0.6 is 0 Å². The molecule has 0 radical (unpaired) electrons. The summed E-state index contributed by atoms with van der Waals surface area (Å²) in [5.74, 6) is -1.90. The van der Waals surface area contributed by atoms with Crippen molar-refractivity contribution >= 4 is 11.8 Å². The third-order valence-electron chi connectivity index (χ3n) is 1.41. The summed E-state index contributed by atoms with van der Waals surface area (Å²) < 4.78 is 4.20. The lowest BCUT2D eigenvalue weighted by atomic mass is 10.4. The van der Waals surface area contributed by atoms with Gasteiger partial charge < -0.3 is 25.0 Å². The van der Waals surface area contributed by atoms with Gasteiger partial charge in [0.1, 0.15) is 11.1 Å². The average molecular weight is 216 g/mol. The van der Waals surface area contributed by atoms with Gasteiger partial charge in [0.05, 0.1) is 7.11 Å². The third kappa shape index (κ3) is 1.87. The molecule has 0 aliphatic heterocycles. The molecule has 0 bridgehead atoms. The van der Waals surface area contributed by atoms with Gasteiger partial charge in [0.25, 0.3) is 0 Å². The van der Waals surface area contributed by atoms with Gasteiger partial charge >= 0.3 is 17.5 Å². The van der Waals surface area contributed by atoms with Gasteiger partial charge in [0, 0.05) is 0 Å². The zero-order valence-corrected chi connectivity index (χ0v) is 7.32. The molecule has 10 heteroatoms. The van der Waals surface area contributed by atoms with E-state index >= 15 is 0 Å². The molecular weight excluding hydrogens is 212 g/mol. The van der Waals surface area contributed by atoms with Crippen LogP contribution in [-0.2, 0) is 4.74 Å². The van der Waals surface area contributed by atoms with E-state index in [0.717, 1.165) is 7.11 Å². The van der Waals surface area contributed by atoms with Gasteiger partial charge in [-0.25, -0.2) is 4.79 Å². The van der Waals surface area contributed by atoms with Crippen molar-refractivity contribution in [1.82, 2.24) is 9.89 Å². The second-order valence-electron chi connectivity index (χ2n) is 2.26. The first-order valence-corrected chi connectivity index (χ1v) is 3.44. The minimum Gasteiger partial charge on any atom is -0.463 e. The van der Waals surface area contributed by atoms with E-state index in [1.165, 1.54) is 0 Å². The van der Waals surface area contributed by atoms with E-state index in [2.05, 4.69) is 9.84 Å². The Morgan fingerprint density at radius 1 is 1.53 bits per heavy atom. The molecule has 15 heavy (non-hydrogen) atoms. The Morgan fingerprint density at radius 2 is 2.13 bits per heavy atom. The van der Waals surface area contributed by atoms with E-state index in [0.29, 0.717) is 6.07 Å². The van der Waals surface area contributed by atoms with E-state index in [1.54, 1.807) is 0 Å². The van der Waals surface area contributed by atoms with Crippen molar-refractivity contribution in [3.63, 3.8) is 0 Å². The van der Waals surface area contributed by atoms with Crippen LogP contribution in [0.2, 0.25) is 0 Å². The fraction of sp³-hybridized carbons (Fsp3) is 0.200. The molecule has 0 fully saturated rings. The fourth-order valence-electron chi connectivity index (χ4n) is 0.812. The molecule has 80 valence electrons. The van der Waals surface area contributed by atoms with E-state index < -0.39 is 27.4 Å². The summed E-state index contributed by atoms with van der Waals surface area (Å²) in [7, 11) is 1.03. The molecule has 1 rings (SSSR count). The molecule has 0 aliphatic rings. The highest BCUT2D eigenvalue weighted by molar-refractivity contribution is 5.87. The molecule has 1 aromatic heterocycles. The number of rotatable bonds is 3. The summed E-state index contributed by atoms with van der Waals surface area (Å²) in [4.78, 5) is 30.4. The van der Waals surface area contributed by atoms with Crippen molar-refractivity contribution in [1.29, 1.82) is 0 Å². The standard InChI is InChI=1S/C5H4N4O6/c1-15-5(10)3-2-4(8(11)12)7(6-3)9(13)14/h2H,1H3. The molecule has 0 N–H and O–H groups in total. The second-order valence-corrected chi connectivity index (χ2v) is 2.26. The van der Waals surface area contributed by atoms with Gasteiger partial charge in [-0.15, -0.1) is 0 Å². The molecule has 0 unspecified atom stereocenters. The van der Waals surface area contributed by atoms with Crippen molar-refractivity contribution in [2.45, 2.75) is 0 Å². The number of ether oxygens (including phenoxy) is 1. The molecule has 0 spiro atoms. The van der Waals surface area contributed by atoms with Crippen molar-refractivity contribution in [3.8, 4) is 0 Å². The number of nitrogens with zero attached hydrogens (tertiary/aromatic N) is 4. The number of hydrogen-bond donors (Lipinski definition) is 0. The molecule has 1 aromatic rings. The summed E-state index contributed by atoms with van der Waals surface area (Å²) in [5.41, 5.74) is -0.499. The molecule has 0 saturated heterocycles. The van der Waals surface area contributed by atoms with Crippen LogP contribution < -0.4 is 0 Å². The van der Waals surface area contributed by atoms with Gasteiger partial charge in [-0.05, 0) is 4.92 Å². The minimum absolute atomic E-state index is 0.105. The first-order chi connectivity index (χ1) is 6.97. The Morgan fingerprint density at radius 3 is 2.47 bits per heavy atom. The normalized spacial score (nSPS) is 9.67. The van der Waals surface area contributed by atoms with Gasteiger partial charge in [-0.3, -0.25) is 0 Å². The quantitative estimate of drug-likeness (QED) is 0.382. The first-order valence-electron chi connectivity index (χ1n) is 3.44. The maximum Gasteiger partial charge on any atom is 0.420 e. The number of aromatic nitrogens is 2. The Bertz CT molecular complexity index is 405. The molecule has 10 nitrogen and oxygen atoms in total. The van der Waals surface area contributed by atoms with E-state index in [4.69, 9.17) is 0 Å². The summed E-state index contributed by atoms with van der Waals surface area (Å²) in [6.45, 7) is 0. The highest BCUT2D eigenvalue weighted by atomic mass is 16.7. The second kappa shape index (κ2) is 3.69. The van der Waals surface area contributed by atoms with E-state index in [-0.39, 0.29) is 4.79 Å². The van der Waals surface area contributed by atoms with Crippen molar-refractivity contribution in [2.75, 3.05) is 7.11 Å². The molecular formula is C5H4N4O6. The van der Waals surface area contributed by atoms with Gasteiger partial charge in [-0.2, -0.15) is 0 Å². The topological polar surface area (TPSA) is 130 Å². The van der Waals surface area contributed by atoms with Crippen LogP contribution in [-0.4, -0.2) is 32.9 Å². The lowest BCUT2D eigenvalue weighted by Gasteiger charge is -1.88. The molecule has 0 atom stereocenters. The number of carbonyl (C=O) groups excluding carboxylic acids is 1. The molecule has 0 amide bonds. The SMILES string of the molecule is COC(=O)c1cc([N+](=O)[O-])n([N+](=O)[O-])n1. The van der Waals surface area contributed by atoms with Crippen LogP contribution in [0.3, 0.4) is 0 Å². The predicted molar refractivity (Wildman–Crippen MR) is 42.6 cm³/mol. The smallest absolute Gasteiger partial charge is 0.420 e. The van der Waals surface area contributed by atoms with Crippen molar-refractivity contribution < 1.29 is 19.5 Å². The van der Waals surface area contributed by atoms with Crippen LogP contribution in [0.1, 0.15) is 10.5 Å². The number of hydrogen-bond acceptors (Lipinski definition) is 7. The third-order valence-corrected chi connectivity index (χ3v) is 1.41. The lowest BCUT2D eigenvalue weighted by Crippen LogP contribution is -2.14. The fourth-order valence-corrected chi connectivity index (χ4v) is 0.812. The van der Waals surface area contributed by atoms with Crippen molar-refractivity contribution in [2.24, 2.45) is 0 Å². The highest BCUT2D eigenvalue weighted by Gasteiger charge is 2.33. The number of carbonyl (C=O) groups is 1. The van der Waals surface area contributed by atoms with Gasteiger partial charge in [0.2, 0.25) is 0 Å². The highest BCUT2D eigenvalue weighted by Crippen LogP contribution is 2.13. The molecule has 0 aliphatic carbocycles. The van der Waals surface area contributed by atoms with Crippen LogP contribution in [0.15, 0.2) is 6.07 Å². The monoisotopic (exact) mass is 216 g/mol. The maximum atomic E-state index is 10.9. The Hall–Kier alpha value is -2.52. The summed E-state index contributed by atoms with van der Waals surface area (Å²) in [6.07, 6.45) is 0. The average Bonchev–Trinajstić information content (AvgIpc) is 2.61. The number of esters is 1. The molecule has 0 saturated carbocycles. The Kier molecular flexibility index (Phi) is 2.60. The molecule has 0 aromatic carbocycles. The first kappa shape index (κ1) is 10.6. The zero-order valence-electron chi connectivity index (χ0n) is 7.32. The van der Waals surface area contributed by atoms with Crippen LogP contribution in [0, 0.1) is 20.2 Å². The van der Waals surface area contributed by atoms with Crippen molar-refractivity contribution in [3.05, 3.63) is 32.0 Å². The van der Waals surface area contributed by atoms with E-state index in [9.17, 15) is 25.0 Å². The van der Waals surface area contributed by atoms with Crippen LogP contribution in [0.4, 0.5) is 5.82 Å². The summed E-state index contributed by atoms with van der Waals surface area (Å²) in [6, 6.07) is 0.661. The zero-order chi connectivity index (χ0) is 11.6. The summed E-state index contributed by atoms with van der Waals surface area (Å²) in [5, 5.41) is 22.6. The molecule has 1 heterocycles. The lowest BCUT2D eigenvalue weighted by molar-refractivity contribution is -0.570. The minimum atomic E-state index is -1.12. The van der Waals surface area contributed by atoms with E-state index in [1.807, 2.05) is 0 Å². The number of methoxy groups -OCH3 is 1. The number of nitro groups is 2. The summed E-state index contributed by atoms with van der Waals surface area (Å²) >= 11 is 0. The Labute approximate surface area is 81.3 Å². The predicted octanol–water partition coefficient (Wildman–Crippen LogP) is -0.382. The maximum absolute atomic E-state index is 10.9. The Balaban J connectivity index is 3.27.